The molecule has 34 heavy (non-hydrogen) atoms. The summed E-state index contributed by atoms with van der Waals surface area (Å²) in [6, 6.07) is 19.5. The first-order valence-corrected chi connectivity index (χ1v) is 10.8. The van der Waals surface area contributed by atoms with Crippen molar-refractivity contribution in [1.82, 2.24) is 4.90 Å². The molecule has 4 nitrogen and oxygen atoms in total. The summed E-state index contributed by atoms with van der Waals surface area (Å²) >= 11 is 0. The molecule has 174 valence electrons. The van der Waals surface area contributed by atoms with E-state index in [2.05, 4.69) is 5.32 Å². The highest BCUT2D eigenvalue weighted by atomic mass is 19.4. The van der Waals surface area contributed by atoms with E-state index in [0.29, 0.717) is 12.0 Å². The normalized spacial score (nSPS) is 14.2. The number of halogens is 3. The minimum absolute atomic E-state index is 0.0238. The van der Waals surface area contributed by atoms with E-state index in [0.717, 1.165) is 33.7 Å². The van der Waals surface area contributed by atoms with E-state index in [9.17, 15) is 22.8 Å². The van der Waals surface area contributed by atoms with Crippen LogP contribution in [0.3, 0.4) is 0 Å². The topological polar surface area (TPSA) is 49.4 Å². The van der Waals surface area contributed by atoms with Crippen LogP contribution < -0.4 is 5.32 Å². The number of amides is 2. The van der Waals surface area contributed by atoms with Gasteiger partial charge in [-0.15, -0.1) is 0 Å². The van der Waals surface area contributed by atoms with Gasteiger partial charge in [-0.25, -0.2) is 0 Å². The molecule has 0 aliphatic carbocycles. The van der Waals surface area contributed by atoms with Crippen molar-refractivity contribution in [2.24, 2.45) is 0 Å². The van der Waals surface area contributed by atoms with Gasteiger partial charge in [-0.05, 0) is 55.2 Å². The molecule has 0 saturated heterocycles. The van der Waals surface area contributed by atoms with E-state index < -0.39 is 23.6 Å². The minimum Gasteiger partial charge on any atom is -0.350 e. The highest BCUT2D eigenvalue weighted by Crippen LogP contribution is 2.35. The van der Waals surface area contributed by atoms with Crippen molar-refractivity contribution < 1.29 is 22.8 Å². The summed E-state index contributed by atoms with van der Waals surface area (Å²) in [7, 11) is 0. The summed E-state index contributed by atoms with van der Waals surface area (Å²) in [5, 5.41) is 2.82. The van der Waals surface area contributed by atoms with Crippen LogP contribution in [0.2, 0.25) is 0 Å². The molecule has 1 aliphatic rings. The zero-order chi connectivity index (χ0) is 24.5. The summed E-state index contributed by atoms with van der Waals surface area (Å²) in [4.78, 5) is 27.9. The summed E-state index contributed by atoms with van der Waals surface area (Å²) in [6.07, 6.45) is -4.06. The summed E-state index contributed by atoms with van der Waals surface area (Å²) in [6.45, 7) is 3.91. The molecule has 1 heterocycles. The predicted molar refractivity (Wildman–Crippen MR) is 125 cm³/mol. The third-order valence-electron chi connectivity index (χ3n) is 5.75. The third kappa shape index (κ3) is 4.73. The first-order chi connectivity index (χ1) is 16.1. The lowest BCUT2D eigenvalue weighted by Gasteiger charge is -2.16. The lowest BCUT2D eigenvalue weighted by atomic mass is 9.97. The quantitative estimate of drug-likeness (QED) is 0.472. The second-order valence-electron chi connectivity index (χ2n) is 8.27. The third-order valence-corrected chi connectivity index (χ3v) is 5.75. The number of benzene rings is 3. The molecular formula is C27H23F3N2O2. The molecule has 1 N–H and O–H groups in total. The molecule has 0 unspecified atom stereocenters. The maximum atomic E-state index is 13.4. The van der Waals surface area contributed by atoms with Crippen LogP contribution in [0.1, 0.15) is 27.8 Å². The molecule has 3 aromatic rings. The number of nitrogens with one attached hydrogen (secondary N) is 1. The van der Waals surface area contributed by atoms with E-state index >= 15 is 0 Å². The number of anilines is 1. The Labute approximate surface area is 195 Å². The van der Waals surface area contributed by atoms with Crippen LogP contribution in [-0.4, -0.2) is 23.3 Å². The molecule has 0 saturated carbocycles. The van der Waals surface area contributed by atoms with Crippen LogP contribution in [0.25, 0.3) is 5.57 Å². The van der Waals surface area contributed by atoms with Gasteiger partial charge in [-0.1, -0.05) is 60.2 Å². The number of alkyl halides is 3. The molecule has 0 fully saturated rings. The lowest BCUT2D eigenvalue weighted by molar-refractivity contribution is -0.138. The van der Waals surface area contributed by atoms with Crippen LogP contribution in [0, 0.1) is 13.8 Å². The zero-order valence-corrected chi connectivity index (χ0v) is 18.7. The Bertz CT molecular complexity index is 1280. The Morgan fingerprint density at radius 2 is 1.59 bits per heavy atom. The summed E-state index contributed by atoms with van der Waals surface area (Å²) in [5.74, 6) is -1.03. The van der Waals surface area contributed by atoms with E-state index in [4.69, 9.17) is 0 Å². The zero-order valence-electron chi connectivity index (χ0n) is 18.7. The number of carbonyl (C=O) groups excluding carboxylic acids is 2. The van der Waals surface area contributed by atoms with Gasteiger partial charge < -0.3 is 5.32 Å². The van der Waals surface area contributed by atoms with E-state index in [1.165, 1.54) is 12.1 Å². The number of aryl methyl sites for hydroxylation is 2. The fourth-order valence-electron chi connectivity index (χ4n) is 4.04. The molecule has 1 aliphatic heterocycles. The molecule has 0 bridgehead atoms. The Morgan fingerprint density at radius 1 is 0.853 bits per heavy atom. The van der Waals surface area contributed by atoms with Crippen LogP contribution in [0.4, 0.5) is 18.9 Å². The van der Waals surface area contributed by atoms with Crippen LogP contribution in [0.5, 0.6) is 0 Å². The lowest BCUT2D eigenvalue weighted by Crippen LogP contribution is -2.34. The van der Waals surface area contributed by atoms with E-state index in [1.54, 1.807) is 6.07 Å². The van der Waals surface area contributed by atoms with Gasteiger partial charge in [0.2, 0.25) is 0 Å². The fourth-order valence-corrected chi connectivity index (χ4v) is 4.04. The maximum absolute atomic E-state index is 13.4. The van der Waals surface area contributed by atoms with Crippen LogP contribution >= 0.6 is 0 Å². The Kier molecular flexibility index (Phi) is 6.28. The van der Waals surface area contributed by atoms with E-state index in [1.807, 2.05) is 56.3 Å². The number of carbonyl (C=O) groups is 2. The highest BCUT2D eigenvalue weighted by molar-refractivity contribution is 6.36. The molecule has 0 spiro atoms. The maximum Gasteiger partial charge on any atom is 0.416 e. The second-order valence-corrected chi connectivity index (χ2v) is 8.27. The van der Waals surface area contributed by atoms with Crippen molar-refractivity contribution in [2.75, 3.05) is 11.9 Å². The smallest absolute Gasteiger partial charge is 0.350 e. The Morgan fingerprint density at radius 3 is 2.26 bits per heavy atom. The molecule has 0 aromatic heterocycles. The molecule has 2 amide bonds. The molecule has 7 heteroatoms. The van der Waals surface area contributed by atoms with E-state index in [-0.39, 0.29) is 23.5 Å². The van der Waals surface area contributed by atoms with Crippen LogP contribution in [-0.2, 0) is 22.2 Å². The second kappa shape index (κ2) is 9.17. The number of hydrogen-bond donors (Lipinski definition) is 1. The van der Waals surface area contributed by atoms with Gasteiger partial charge in [-0.3, -0.25) is 14.5 Å². The van der Waals surface area contributed by atoms with Gasteiger partial charge in [0.25, 0.3) is 11.8 Å². The molecule has 0 radical (unpaired) electrons. The summed E-state index contributed by atoms with van der Waals surface area (Å²) < 4.78 is 39.6. The first-order valence-electron chi connectivity index (χ1n) is 10.8. The van der Waals surface area contributed by atoms with Gasteiger partial charge in [0, 0.05) is 12.2 Å². The van der Waals surface area contributed by atoms with Crippen molar-refractivity contribution in [1.29, 1.82) is 0 Å². The van der Waals surface area contributed by atoms with Gasteiger partial charge >= 0.3 is 6.18 Å². The molecular weight excluding hydrogens is 441 g/mol. The van der Waals surface area contributed by atoms with Crippen molar-refractivity contribution in [3.63, 3.8) is 0 Å². The number of imide groups is 1. The van der Waals surface area contributed by atoms with Gasteiger partial charge in [0.05, 0.1) is 11.1 Å². The van der Waals surface area contributed by atoms with Crippen molar-refractivity contribution in [3.8, 4) is 0 Å². The Hall–Kier alpha value is -3.87. The van der Waals surface area contributed by atoms with Crippen molar-refractivity contribution in [2.45, 2.75) is 26.4 Å². The minimum atomic E-state index is -4.53. The average Bonchev–Trinajstić information content (AvgIpc) is 3.02. The number of hydrogen-bond acceptors (Lipinski definition) is 3. The van der Waals surface area contributed by atoms with Gasteiger partial charge in [0.1, 0.15) is 5.70 Å². The van der Waals surface area contributed by atoms with Crippen molar-refractivity contribution in [3.05, 3.63) is 106 Å². The van der Waals surface area contributed by atoms with Crippen molar-refractivity contribution >= 4 is 23.1 Å². The average molecular weight is 464 g/mol. The monoisotopic (exact) mass is 464 g/mol. The largest absolute Gasteiger partial charge is 0.416 e. The fraction of sp³-hybridized carbons (Fsp3) is 0.185. The highest BCUT2D eigenvalue weighted by Gasteiger charge is 2.39. The molecule has 3 aromatic carbocycles. The molecule has 0 atom stereocenters. The summed E-state index contributed by atoms with van der Waals surface area (Å²) in [5.41, 5.74) is 2.70. The molecule has 4 rings (SSSR count). The Balaban J connectivity index is 1.72. The standard InChI is InChI=1S/C27H23F3N2O2/c1-17-11-12-22(18(2)15-17)23-24(31-21-10-6-9-20(16-21)27(28,29)30)26(34)32(25(23)33)14-13-19-7-4-3-5-8-19/h3-12,15-16,31H,13-14H2,1-2H3. The van der Waals surface area contributed by atoms with Gasteiger partial charge in [-0.2, -0.15) is 13.2 Å². The SMILES string of the molecule is Cc1ccc(C2=C(Nc3cccc(C(F)(F)F)c3)C(=O)N(CCc3ccccc3)C2=O)c(C)c1. The van der Waals surface area contributed by atoms with Gasteiger partial charge in [0.15, 0.2) is 0 Å². The number of rotatable bonds is 6. The predicted octanol–water partition coefficient (Wildman–Crippen LogP) is 5.76. The number of nitrogens with zero attached hydrogens (tertiary/aromatic N) is 1. The van der Waals surface area contributed by atoms with Crippen LogP contribution in [0.15, 0.2) is 78.5 Å². The first kappa shape index (κ1) is 23.3.